The average Bonchev–Trinajstić information content (AvgIpc) is 3.18. The van der Waals surface area contributed by atoms with Gasteiger partial charge in [-0.3, -0.25) is 0 Å². The molecule has 18 aromatic rings. The second-order valence-electron chi connectivity index (χ2n) is 21.7. The van der Waals surface area contributed by atoms with Crippen LogP contribution >= 0.6 is 0 Å². The Morgan fingerprint density at radius 1 is 0.192 bits per heavy atom. The summed E-state index contributed by atoms with van der Waals surface area (Å²) in [4.78, 5) is 0. The minimum Gasteiger partial charge on any atom is -0.0622 e. The van der Waals surface area contributed by atoms with Crippen molar-refractivity contribution in [1.82, 2.24) is 0 Å². The molecule has 0 aliphatic carbocycles. The highest BCUT2D eigenvalue weighted by atomic mass is 14.3. The van der Waals surface area contributed by atoms with Gasteiger partial charge in [-0.1, -0.05) is 212 Å². The van der Waals surface area contributed by atoms with Crippen LogP contribution in [0.3, 0.4) is 0 Å². The van der Waals surface area contributed by atoms with Gasteiger partial charge in [-0.25, -0.2) is 0 Å². The summed E-state index contributed by atoms with van der Waals surface area (Å²) in [6.07, 6.45) is 0. The number of rotatable bonds is 5. The smallest absolute Gasteiger partial charge is 0.00143 e. The minimum atomic E-state index is 1.20. The number of benzene rings is 18. The van der Waals surface area contributed by atoms with Gasteiger partial charge in [0.25, 0.3) is 0 Å². The highest BCUT2D eigenvalue weighted by Gasteiger charge is 2.27. The predicted molar refractivity (Wildman–Crippen MR) is 336 cm³/mol. The molecular weight excluding hydrogens is 937 g/mol. The number of fused-ring (bicyclic) bond motifs is 3. The van der Waals surface area contributed by atoms with Crippen LogP contribution in [0.5, 0.6) is 0 Å². The molecule has 0 heterocycles. The summed E-state index contributed by atoms with van der Waals surface area (Å²) >= 11 is 0. The van der Waals surface area contributed by atoms with Crippen molar-refractivity contribution >= 4 is 129 Å². The molecule has 0 atom stereocenters. The van der Waals surface area contributed by atoms with Gasteiger partial charge < -0.3 is 0 Å². The number of hydrogen-bond donors (Lipinski definition) is 0. The zero-order valence-corrected chi connectivity index (χ0v) is 42.3. The molecule has 0 aromatic heterocycles. The molecule has 0 fully saturated rings. The lowest BCUT2D eigenvalue weighted by molar-refractivity contribution is 1.60. The molecule has 0 saturated heterocycles. The van der Waals surface area contributed by atoms with Gasteiger partial charge in [-0.2, -0.15) is 0 Å². The molecule has 0 heteroatoms. The van der Waals surface area contributed by atoms with E-state index in [0.29, 0.717) is 0 Å². The molecule has 0 aliphatic rings. The molecule has 18 rings (SSSR count). The lowest BCUT2D eigenvalue weighted by Crippen LogP contribution is -1.97. The van der Waals surface area contributed by atoms with Crippen molar-refractivity contribution in [3.8, 4) is 55.6 Å². The van der Waals surface area contributed by atoms with Gasteiger partial charge in [0, 0.05) is 0 Å². The van der Waals surface area contributed by atoms with Gasteiger partial charge in [0.1, 0.15) is 0 Å². The normalized spacial score (nSPS) is 12.4. The molecule has 0 unspecified atom stereocenters. The standard InChI is InChI=1S/C78H43/c1-2-12-45(13-3-1)59-23-6-7-24-60(59)61-36-37-64-68(41-54-22-10-20-50-30-33-63(61)78(64)73(50)54)77-66-35-32-49-19-9-17-47-27-29-56(75(66)72(47)49)43-70(77)69-42-55-28-26-46-16-8-18-48-31-34-65(74(55)71(46)48)76(69)62-25-11-21-53-40-57-38-51-14-4-5-15-52(51)39-58(57)44-67(53)62/h1-4,6-44H. The molecule has 0 nitrogen and oxygen atoms in total. The SMILES string of the molecule is [c]1ccc2cc3cc4cccc(-c5c(-c6cc7ccc8cccc9ccc(c6-c6cc%10cccc%11ccc%12c(-c%13ccccc%13-c%13ccccc%13)ccc6c%12c%11%10)c7c89)cc6ccc7cccc8ccc5c6c78)c4cc3cc2c1. The highest BCUT2D eigenvalue weighted by Crippen LogP contribution is 2.54. The highest BCUT2D eigenvalue weighted by molar-refractivity contribution is 6.35. The van der Waals surface area contributed by atoms with Crippen LogP contribution in [0.4, 0.5) is 0 Å². The molecule has 355 valence electrons. The van der Waals surface area contributed by atoms with Gasteiger partial charge in [0.05, 0.1) is 0 Å². The summed E-state index contributed by atoms with van der Waals surface area (Å²) in [6, 6.07) is 102. The van der Waals surface area contributed by atoms with Crippen LogP contribution < -0.4 is 0 Å². The van der Waals surface area contributed by atoms with E-state index in [4.69, 9.17) is 0 Å². The molecule has 78 heavy (non-hydrogen) atoms. The first-order chi connectivity index (χ1) is 38.7. The van der Waals surface area contributed by atoms with Crippen LogP contribution in [0.15, 0.2) is 261 Å². The second kappa shape index (κ2) is 15.7. The van der Waals surface area contributed by atoms with Crippen molar-refractivity contribution in [2.75, 3.05) is 0 Å². The third-order valence-electron chi connectivity index (χ3n) is 17.7. The first-order valence-corrected chi connectivity index (χ1v) is 27.2. The molecule has 0 aliphatic heterocycles. The first-order valence-electron chi connectivity index (χ1n) is 27.2. The van der Waals surface area contributed by atoms with Crippen molar-refractivity contribution in [3.63, 3.8) is 0 Å². The third-order valence-corrected chi connectivity index (χ3v) is 17.7. The van der Waals surface area contributed by atoms with Gasteiger partial charge in [-0.15, -0.1) is 0 Å². The molecule has 0 saturated carbocycles. The summed E-state index contributed by atoms with van der Waals surface area (Å²) in [6.45, 7) is 0. The second-order valence-corrected chi connectivity index (χ2v) is 21.7. The quantitative estimate of drug-likeness (QED) is 0.119. The van der Waals surface area contributed by atoms with Gasteiger partial charge >= 0.3 is 0 Å². The monoisotopic (exact) mass is 979 g/mol. The fourth-order valence-electron chi connectivity index (χ4n) is 14.4. The molecule has 0 bridgehead atoms. The maximum atomic E-state index is 3.34. The summed E-state index contributed by atoms with van der Waals surface area (Å²) in [7, 11) is 0. The van der Waals surface area contributed by atoms with Crippen molar-refractivity contribution in [2.45, 2.75) is 0 Å². The van der Waals surface area contributed by atoms with E-state index in [1.165, 1.54) is 185 Å². The average molecular weight is 980 g/mol. The Hall–Kier alpha value is -10.1. The van der Waals surface area contributed by atoms with Crippen LogP contribution in [0.1, 0.15) is 0 Å². The van der Waals surface area contributed by atoms with E-state index in [2.05, 4.69) is 261 Å². The zero-order valence-electron chi connectivity index (χ0n) is 42.3. The maximum Gasteiger partial charge on any atom is -0.00143 e. The van der Waals surface area contributed by atoms with Crippen LogP contribution in [0.2, 0.25) is 0 Å². The van der Waals surface area contributed by atoms with Crippen molar-refractivity contribution in [1.29, 1.82) is 0 Å². The van der Waals surface area contributed by atoms with Crippen molar-refractivity contribution in [2.24, 2.45) is 0 Å². The zero-order chi connectivity index (χ0) is 50.7. The fourth-order valence-corrected chi connectivity index (χ4v) is 14.4. The first kappa shape index (κ1) is 42.1. The molecule has 1 radical (unpaired) electrons. The summed E-state index contributed by atoms with van der Waals surface area (Å²) in [5.74, 6) is 0. The topological polar surface area (TPSA) is 0 Å². The Morgan fingerprint density at radius 3 is 1.35 bits per heavy atom. The summed E-state index contributed by atoms with van der Waals surface area (Å²) in [5, 5.41) is 30.3. The fraction of sp³-hybridized carbons (Fsp3) is 0. The lowest BCUT2D eigenvalue weighted by Gasteiger charge is -2.25. The van der Waals surface area contributed by atoms with E-state index in [1.54, 1.807) is 0 Å². The largest absolute Gasteiger partial charge is 0.0622 e. The summed E-state index contributed by atoms with van der Waals surface area (Å²) < 4.78 is 0. The van der Waals surface area contributed by atoms with E-state index in [0.717, 1.165) is 0 Å². The van der Waals surface area contributed by atoms with Crippen LogP contribution in [-0.2, 0) is 0 Å². The Balaban J connectivity index is 1.01. The predicted octanol–water partition coefficient (Wildman–Crippen LogP) is 22.0. The molecule has 0 spiro atoms. The van der Waals surface area contributed by atoms with Gasteiger partial charge in [0.15, 0.2) is 0 Å². The van der Waals surface area contributed by atoms with E-state index in [1.807, 2.05) is 6.07 Å². The Kier molecular flexibility index (Phi) is 8.49. The lowest BCUT2D eigenvalue weighted by atomic mass is 9.78. The summed E-state index contributed by atoms with van der Waals surface area (Å²) in [5.41, 5.74) is 12.4. The maximum absolute atomic E-state index is 3.34. The van der Waals surface area contributed by atoms with Crippen LogP contribution in [0.25, 0.3) is 185 Å². The van der Waals surface area contributed by atoms with Crippen molar-refractivity contribution < 1.29 is 0 Å². The van der Waals surface area contributed by atoms with E-state index < -0.39 is 0 Å². The van der Waals surface area contributed by atoms with E-state index >= 15 is 0 Å². The van der Waals surface area contributed by atoms with Gasteiger partial charge in [-0.05, 0) is 240 Å². The van der Waals surface area contributed by atoms with E-state index in [9.17, 15) is 0 Å². The molecule has 0 amide bonds. The van der Waals surface area contributed by atoms with Crippen molar-refractivity contribution in [3.05, 3.63) is 267 Å². The molecule has 0 N–H and O–H groups in total. The molecule has 18 aromatic carbocycles. The Bertz CT molecular complexity index is 5510. The van der Waals surface area contributed by atoms with Crippen LogP contribution in [0, 0.1) is 6.07 Å². The Morgan fingerprint density at radius 2 is 0.654 bits per heavy atom. The molecular formula is C78H43. The van der Waals surface area contributed by atoms with Crippen LogP contribution in [-0.4, -0.2) is 0 Å². The minimum absolute atomic E-state index is 1.20. The third kappa shape index (κ3) is 5.84. The Labute approximate surface area is 449 Å². The number of hydrogen-bond acceptors (Lipinski definition) is 0. The van der Waals surface area contributed by atoms with Gasteiger partial charge in [0.2, 0.25) is 0 Å². The van der Waals surface area contributed by atoms with E-state index in [-0.39, 0.29) is 0 Å².